The van der Waals surface area contributed by atoms with Gasteiger partial charge in [-0.2, -0.15) is 0 Å². The standard InChI is InChI=1S/C14H12O4.2C7H6O2/c1-7(15)10-5-9-3-4-12(17)14(8(2)16)11(9)6-13(10)18;2*8-7(9)6-4-2-1-3-5-6/h3-6,17-18H,1-2H3;2*1-5H,(H,8,9). The summed E-state index contributed by atoms with van der Waals surface area (Å²) in [6.45, 7) is 2.69. The number of hydrogen-bond donors (Lipinski definition) is 4. The van der Waals surface area contributed by atoms with Crippen LogP contribution in [0.1, 0.15) is 55.3 Å². The van der Waals surface area contributed by atoms with Gasteiger partial charge in [-0.3, -0.25) is 9.59 Å². The molecule has 4 aromatic carbocycles. The van der Waals surface area contributed by atoms with Crippen molar-refractivity contribution in [3.8, 4) is 11.5 Å². The molecule has 0 unspecified atom stereocenters. The highest BCUT2D eigenvalue weighted by Gasteiger charge is 2.15. The number of aromatic carboxylic acids is 2. The summed E-state index contributed by atoms with van der Waals surface area (Å²) in [5, 5.41) is 37.3. The second-order valence-electron chi connectivity index (χ2n) is 7.50. The van der Waals surface area contributed by atoms with Crippen molar-refractivity contribution in [2.75, 3.05) is 0 Å². The van der Waals surface area contributed by atoms with E-state index in [-0.39, 0.29) is 34.2 Å². The summed E-state index contributed by atoms with van der Waals surface area (Å²) in [6.07, 6.45) is 0. The third kappa shape index (κ3) is 7.26. The molecule has 0 saturated heterocycles. The molecule has 0 aliphatic rings. The van der Waals surface area contributed by atoms with Crippen molar-refractivity contribution in [3.05, 3.63) is 107 Å². The Morgan fingerprint density at radius 2 is 1.06 bits per heavy atom. The van der Waals surface area contributed by atoms with Crippen LogP contribution in [-0.4, -0.2) is 43.9 Å². The minimum atomic E-state index is -0.879. The van der Waals surface area contributed by atoms with Gasteiger partial charge in [0.1, 0.15) is 11.5 Å². The molecule has 0 fully saturated rings. The second-order valence-corrected chi connectivity index (χ2v) is 7.50. The molecule has 4 aromatic rings. The lowest BCUT2D eigenvalue weighted by Crippen LogP contribution is -1.97. The fourth-order valence-corrected chi connectivity index (χ4v) is 3.16. The highest BCUT2D eigenvalue weighted by molar-refractivity contribution is 6.11. The molecular weight excluding hydrogens is 464 g/mol. The number of benzene rings is 4. The average Bonchev–Trinajstić information content (AvgIpc) is 2.85. The summed E-state index contributed by atoms with van der Waals surface area (Å²) in [7, 11) is 0. The minimum Gasteiger partial charge on any atom is -0.507 e. The van der Waals surface area contributed by atoms with E-state index >= 15 is 0 Å². The predicted octanol–water partition coefficient (Wildman–Crippen LogP) is 5.43. The van der Waals surface area contributed by atoms with Crippen LogP contribution >= 0.6 is 0 Å². The Labute approximate surface area is 206 Å². The Morgan fingerprint density at radius 3 is 1.42 bits per heavy atom. The number of Topliss-reactive ketones (excluding diaryl/α,β-unsaturated/α-hetero) is 2. The lowest BCUT2D eigenvalue weighted by molar-refractivity contribution is 0.0686. The molecule has 0 aromatic heterocycles. The Balaban J connectivity index is 0.000000212. The highest BCUT2D eigenvalue weighted by Crippen LogP contribution is 2.32. The first-order valence-corrected chi connectivity index (χ1v) is 10.6. The van der Waals surface area contributed by atoms with E-state index in [4.69, 9.17) is 10.2 Å². The number of phenols is 2. The molecule has 0 atom stereocenters. The van der Waals surface area contributed by atoms with Crippen LogP contribution in [0.4, 0.5) is 0 Å². The Morgan fingerprint density at radius 1 is 0.583 bits per heavy atom. The van der Waals surface area contributed by atoms with Crippen molar-refractivity contribution in [1.82, 2.24) is 0 Å². The average molecular weight is 488 g/mol. The first kappa shape index (κ1) is 27.3. The summed E-state index contributed by atoms with van der Waals surface area (Å²) in [5.41, 5.74) is 1.01. The van der Waals surface area contributed by atoms with Gasteiger partial charge in [-0.25, -0.2) is 9.59 Å². The fraction of sp³-hybridized carbons (Fsp3) is 0.0714. The molecule has 0 bridgehead atoms. The lowest BCUT2D eigenvalue weighted by atomic mass is 9.97. The molecule has 0 aliphatic heterocycles. The SMILES string of the molecule is CC(=O)c1cc2ccc(O)c(C(C)=O)c2cc1O.O=C(O)c1ccccc1.O=C(O)c1ccccc1. The number of fused-ring (bicyclic) bond motifs is 1. The zero-order valence-corrected chi connectivity index (χ0v) is 19.5. The van der Waals surface area contributed by atoms with Gasteiger partial charge in [0.05, 0.1) is 22.3 Å². The monoisotopic (exact) mass is 488 g/mol. The molecule has 0 aliphatic carbocycles. The van der Waals surface area contributed by atoms with Crippen LogP contribution in [0, 0.1) is 0 Å². The van der Waals surface area contributed by atoms with E-state index < -0.39 is 11.9 Å². The third-order valence-electron chi connectivity index (χ3n) is 4.89. The second kappa shape index (κ2) is 12.5. The summed E-state index contributed by atoms with van der Waals surface area (Å²) >= 11 is 0. The van der Waals surface area contributed by atoms with Crippen LogP contribution in [0.2, 0.25) is 0 Å². The summed E-state index contributed by atoms with van der Waals surface area (Å²) < 4.78 is 0. The minimum absolute atomic E-state index is 0.134. The molecule has 8 nitrogen and oxygen atoms in total. The van der Waals surface area contributed by atoms with E-state index in [0.29, 0.717) is 21.9 Å². The van der Waals surface area contributed by atoms with Gasteiger partial charge >= 0.3 is 11.9 Å². The largest absolute Gasteiger partial charge is 0.507 e. The van der Waals surface area contributed by atoms with Crippen LogP contribution in [0.15, 0.2) is 84.9 Å². The molecule has 0 amide bonds. The van der Waals surface area contributed by atoms with Crippen molar-refractivity contribution in [3.63, 3.8) is 0 Å². The van der Waals surface area contributed by atoms with Crippen LogP contribution < -0.4 is 0 Å². The van der Waals surface area contributed by atoms with E-state index in [2.05, 4.69) is 0 Å². The van der Waals surface area contributed by atoms with Gasteiger partial charge in [0.25, 0.3) is 0 Å². The van der Waals surface area contributed by atoms with Crippen molar-refractivity contribution in [2.45, 2.75) is 13.8 Å². The number of carbonyl (C=O) groups excluding carboxylic acids is 2. The lowest BCUT2D eigenvalue weighted by Gasteiger charge is -2.09. The van der Waals surface area contributed by atoms with E-state index in [0.717, 1.165) is 0 Å². The topological polar surface area (TPSA) is 149 Å². The van der Waals surface area contributed by atoms with Gasteiger partial charge in [-0.15, -0.1) is 0 Å². The van der Waals surface area contributed by atoms with Crippen LogP contribution in [0.25, 0.3) is 10.8 Å². The van der Waals surface area contributed by atoms with E-state index in [9.17, 15) is 29.4 Å². The Hall–Kier alpha value is -4.98. The van der Waals surface area contributed by atoms with Crippen LogP contribution in [-0.2, 0) is 0 Å². The zero-order valence-electron chi connectivity index (χ0n) is 19.5. The maximum atomic E-state index is 11.5. The van der Waals surface area contributed by atoms with Crippen molar-refractivity contribution in [2.24, 2.45) is 0 Å². The fourth-order valence-electron chi connectivity index (χ4n) is 3.16. The molecule has 36 heavy (non-hydrogen) atoms. The van der Waals surface area contributed by atoms with E-state index in [1.807, 2.05) is 0 Å². The predicted molar refractivity (Wildman–Crippen MR) is 134 cm³/mol. The molecule has 0 spiro atoms. The summed E-state index contributed by atoms with van der Waals surface area (Å²) in [4.78, 5) is 43.2. The molecule has 8 heteroatoms. The van der Waals surface area contributed by atoms with Gasteiger partial charge in [0, 0.05) is 0 Å². The van der Waals surface area contributed by atoms with Gasteiger partial charge in [-0.1, -0.05) is 42.5 Å². The highest BCUT2D eigenvalue weighted by atomic mass is 16.4. The van der Waals surface area contributed by atoms with Gasteiger partial charge < -0.3 is 20.4 Å². The van der Waals surface area contributed by atoms with Crippen molar-refractivity contribution in [1.29, 1.82) is 0 Å². The molecule has 4 N–H and O–H groups in total. The summed E-state index contributed by atoms with van der Waals surface area (Å²) in [6, 6.07) is 22.4. The number of aromatic hydroxyl groups is 2. The molecule has 184 valence electrons. The van der Waals surface area contributed by atoms with Gasteiger partial charge in [0.2, 0.25) is 0 Å². The van der Waals surface area contributed by atoms with Crippen molar-refractivity contribution >= 4 is 34.3 Å². The normalized spacial score (nSPS) is 9.72. The Bertz CT molecular complexity index is 1340. The number of rotatable bonds is 4. The number of hydrogen-bond acceptors (Lipinski definition) is 6. The maximum Gasteiger partial charge on any atom is 0.335 e. The number of carboxylic acid groups (broad SMARTS) is 2. The van der Waals surface area contributed by atoms with Crippen molar-refractivity contribution < 1.29 is 39.6 Å². The number of phenolic OH excluding ortho intramolecular Hbond substituents is 2. The van der Waals surface area contributed by atoms with Crippen LogP contribution in [0.5, 0.6) is 11.5 Å². The quantitative estimate of drug-likeness (QED) is 0.278. The van der Waals surface area contributed by atoms with Gasteiger partial charge in [0.15, 0.2) is 11.6 Å². The maximum absolute atomic E-state index is 11.5. The number of ketones is 2. The summed E-state index contributed by atoms with van der Waals surface area (Å²) in [5.74, 6) is -2.64. The Kier molecular flexibility index (Phi) is 9.45. The van der Waals surface area contributed by atoms with Crippen LogP contribution in [0.3, 0.4) is 0 Å². The van der Waals surface area contributed by atoms with E-state index in [1.165, 1.54) is 32.0 Å². The number of carboxylic acids is 2. The first-order valence-electron chi connectivity index (χ1n) is 10.6. The molecular formula is C28H24O8. The molecule has 4 rings (SSSR count). The molecule has 0 heterocycles. The smallest absolute Gasteiger partial charge is 0.335 e. The zero-order chi connectivity index (χ0) is 26.8. The first-order chi connectivity index (χ1) is 17.0. The molecule has 0 radical (unpaired) electrons. The third-order valence-corrected chi connectivity index (χ3v) is 4.89. The van der Waals surface area contributed by atoms with Gasteiger partial charge in [-0.05, 0) is 67.1 Å². The number of carbonyl (C=O) groups is 4. The molecule has 0 saturated carbocycles. The van der Waals surface area contributed by atoms with E-state index in [1.54, 1.807) is 66.7 Å².